The van der Waals surface area contributed by atoms with Gasteiger partial charge in [0.15, 0.2) is 11.6 Å². The van der Waals surface area contributed by atoms with Crippen LogP contribution in [0.1, 0.15) is 51.2 Å². The molecule has 1 aromatic carbocycles. The van der Waals surface area contributed by atoms with Crippen LogP contribution in [-0.4, -0.2) is 11.7 Å². The fourth-order valence-corrected chi connectivity index (χ4v) is 1.60. The molecule has 0 aromatic heterocycles. The number of hydrogen-bond donors (Lipinski definition) is 1. The molecule has 1 N–H and O–H groups in total. The van der Waals surface area contributed by atoms with Gasteiger partial charge in [0.2, 0.25) is 0 Å². The largest absolute Gasteiger partial charge is 0.491 e. The number of aliphatic hydroxyl groups excluding tert-OH is 1. The van der Waals surface area contributed by atoms with Gasteiger partial charge in [-0.25, -0.2) is 4.39 Å². The van der Waals surface area contributed by atoms with Gasteiger partial charge in [0.05, 0.1) is 12.7 Å². The molecule has 0 bridgehead atoms. The number of ether oxygens (including phenoxy) is 1. The third-order valence-corrected chi connectivity index (χ3v) is 2.69. The van der Waals surface area contributed by atoms with Crippen LogP contribution in [0.4, 0.5) is 4.39 Å². The van der Waals surface area contributed by atoms with Gasteiger partial charge in [-0.2, -0.15) is 0 Å². The summed E-state index contributed by atoms with van der Waals surface area (Å²) in [6, 6.07) is 4.60. The lowest BCUT2D eigenvalue weighted by atomic mass is 10.1. The van der Waals surface area contributed by atoms with E-state index in [-0.39, 0.29) is 5.75 Å². The first-order valence-electron chi connectivity index (χ1n) is 6.25. The van der Waals surface area contributed by atoms with E-state index < -0.39 is 11.9 Å². The summed E-state index contributed by atoms with van der Waals surface area (Å²) in [5.74, 6) is -0.134. The Morgan fingerprint density at radius 1 is 1.29 bits per heavy atom. The van der Waals surface area contributed by atoms with Gasteiger partial charge in [0.25, 0.3) is 0 Å². The van der Waals surface area contributed by atoms with Gasteiger partial charge in [-0.1, -0.05) is 32.3 Å². The molecule has 0 spiro atoms. The summed E-state index contributed by atoms with van der Waals surface area (Å²) >= 11 is 0. The van der Waals surface area contributed by atoms with Crippen molar-refractivity contribution in [3.05, 3.63) is 29.6 Å². The van der Waals surface area contributed by atoms with Gasteiger partial charge < -0.3 is 9.84 Å². The van der Waals surface area contributed by atoms with E-state index >= 15 is 0 Å². The molecule has 0 saturated carbocycles. The Labute approximate surface area is 102 Å². The van der Waals surface area contributed by atoms with Gasteiger partial charge in [-0.3, -0.25) is 0 Å². The minimum absolute atomic E-state index is 0.269. The molecule has 0 aliphatic heterocycles. The highest BCUT2D eigenvalue weighted by molar-refractivity contribution is 5.30. The van der Waals surface area contributed by atoms with Crippen molar-refractivity contribution in [2.45, 2.75) is 45.6 Å². The van der Waals surface area contributed by atoms with Crippen LogP contribution in [0.3, 0.4) is 0 Å². The van der Waals surface area contributed by atoms with E-state index in [0.717, 1.165) is 12.8 Å². The average Bonchev–Trinajstić information content (AvgIpc) is 2.30. The Morgan fingerprint density at radius 3 is 2.65 bits per heavy atom. The highest BCUT2D eigenvalue weighted by Gasteiger charge is 2.07. The molecule has 3 heteroatoms. The topological polar surface area (TPSA) is 29.5 Å². The molecule has 96 valence electrons. The van der Waals surface area contributed by atoms with Crippen LogP contribution in [0.25, 0.3) is 0 Å². The van der Waals surface area contributed by atoms with Gasteiger partial charge in [0.1, 0.15) is 0 Å². The predicted octanol–water partition coefficient (Wildman–Crippen LogP) is 3.84. The lowest BCUT2D eigenvalue weighted by molar-refractivity contribution is 0.198. The lowest BCUT2D eigenvalue weighted by Gasteiger charge is -2.09. The fourth-order valence-electron chi connectivity index (χ4n) is 1.60. The molecule has 0 fully saturated rings. The molecule has 1 aromatic rings. The number of rotatable bonds is 7. The number of benzene rings is 1. The molecule has 0 saturated heterocycles. The van der Waals surface area contributed by atoms with Crippen molar-refractivity contribution in [3.8, 4) is 5.75 Å². The van der Waals surface area contributed by atoms with Crippen molar-refractivity contribution in [3.63, 3.8) is 0 Å². The Bertz CT molecular complexity index is 337. The fraction of sp³-hybridized carbons (Fsp3) is 0.571. The summed E-state index contributed by atoms with van der Waals surface area (Å²) in [5.41, 5.74) is 0.570. The maximum Gasteiger partial charge on any atom is 0.165 e. The predicted molar refractivity (Wildman–Crippen MR) is 66.7 cm³/mol. The number of unbranched alkanes of at least 4 members (excludes halogenated alkanes) is 3. The number of hydrogen-bond acceptors (Lipinski definition) is 2. The Balaban J connectivity index is 2.43. The summed E-state index contributed by atoms with van der Waals surface area (Å²) in [6.45, 7) is 4.31. The zero-order valence-corrected chi connectivity index (χ0v) is 10.6. The Kier molecular flexibility index (Phi) is 5.98. The first kappa shape index (κ1) is 14.0. The van der Waals surface area contributed by atoms with Crippen LogP contribution in [0.15, 0.2) is 18.2 Å². The zero-order valence-electron chi connectivity index (χ0n) is 10.6. The van der Waals surface area contributed by atoms with E-state index in [1.54, 1.807) is 19.1 Å². The van der Waals surface area contributed by atoms with Crippen molar-refractivity contribution in [1.29, 1.82) is 0 Å². The molecule has 1 rings (SSSR count). The second-order valence-electron chi connectivity index (χ2n) is 4.27. The first-order chi connectivity index (χ1) is 8.15. The summed E-state index contributed by atoms with van der Waals surface area (Å²) in [6.07, 6.45) is 3.78. The lowest BCUT2D eigenvalue weighted by Crippen LogP contribution is -2.00. The van der Waals surface area contributed by atoms with Crippen molar-refractivity contribution < 1.29 is 14.2 Å². The smallest absolute Gasteiger partial charge is 0.165 e. The molecular weight excluding hydrogens is 219 g/mol. The van der Waals surface area contributed by atoms with Gasteiger partial charge in [0, 0.05) is 0 Å². The van der Waals surface area contributed by atoms with Crippen LogP contribution < -0.4 is 4.74 Å². The van der Waals surface area contributed by atoms with Crippen molar-refractivity contribution >= 4 is 0 Å². The van der Waals surface area contributed by atoms with Gasteiger partial charge in [-0.05, 0) is 31.0 Å². The third kappa shape index (κ3) is 4.73. The number of halogens is 1. The second-order valence-corrected chi connectivity index (χ2v) is 4.27. The van der Waals surface area contributed by atoms with E-state index in [4.69, 9.17) is 4.74 Å². The SMILES string of the molecule is CCCCCCOc1ccc(C(C)O)cc1F. The normalized spacial score (nSPS) is 12.5. The van der Waals surface area contributed by atoms with Crippen LogP contribution in [0, 0.1) is 5.82 Å². The molecule has 0 aliphatic rings. The quantitative estimate of drug-likeness (QED) is 0.734. The molecular formula is C14H21FO2. The molecule has 17 heavy (non-hydrogen) atoms. The van der Waals surface area contributed by atoms with Crippen LogP contribution in [0.5, 0.6) is 5.75 Å². The Morgan fingerprint density at radius 2 is 2.06 bits per heavy atom. The molecule has 1 atom stereocenters. The maximum absolute atomic E-state index is 13.5. The first-order valence-corrected chi connectivity index (χ1v) is 6.25. The molecule has 0 aliphatic carbocycles. The zero-order chi connectivity index (χ0) is 12.7. The average molecular weight is 240 g/mol. The third-order valence-electron chi connectivity index (χ3n) is 2.69. The highest BCUT2D eigenvalue weighted by Crippen LogP contribution is 2.22. The molecule has 1 unspecified atom stereocenters. The Hall–Kier alpha value is -1.09. The van der Waals surface area contributed by atoms with Gasteiger partial charge in [-0.15, -0.1) is 0 Å². The van der Waals surface area contributed by atoms with Crippen molar-refractivity contribution in [2.24, 2.45) is 0 Å². The monoisotopic (exact) mass is 240 g/mol. The van der Waals surface area contributed by atoms with Crippen molar-refractivity contribution in [1.82, 2.24) is 0 Å². The molecule has 0 radical (unpaired) electrons. The van der Waals surface area contributed by atoms with E-state index in [9.17, 15) is 9.50 Å². The highest BCUT2D eigenvalue weighted by atomic mass is 19.1. The maximum atomic E-state index is 13.5. The summed E-state index contributed by atoms with van der Waals surface area (Å²) in [7, 11) is 0. The second kappa shape index (κ2) is 7.28. The molecule has 2 nitrogen and oxygen atoms in total. The molecule has 0 amide bonds. The van der Waals surface area contributed by atoms with E-state index in [2.05, 4.69) is 6.92 Å². The number of aliphatic hydroxyl groups is 1. The van der Waals surface area contributed by atoms with Gasteiger partial charge >= 0.3 is 0 Å². The summed E-state index contributed by atoms with van der Waals surface area (Å²) in [4.78, 5) is 0. The summed E-state index contributed by atoms with van der Waals surface area (Å²) in [5, 5.41) is 9.30. The van der Waals surface area contributed by atoms with Crippen LogP contribution in [-0.2, 0) is 0 Å². The van der Waals surface area contributed by atoms with Crippen LogP contribution in [0.2, 0.25) is 0 Å². The van der Waals surface area contributed by atoms with E-state index in [1.807, 2.05) is 0 Å². The van der Waals surface area contributed by atoms with E-state index in [1.165, 1.54) is 18.9 Å². The van der Waals surface area contributed by atoms with Crippen LogP contribution >= 0.6 is 0 Å². The summed E-state index contributed by atoms with van der Waals surface area (Å²) < 4.78 is 18.9. The van der Waals surface area contributed by atoms with Crippen molar-refractivity contribution in [2.75, 3.05) is 6.61 Å². The molecule has 0 heterocycles. The van der Waals surface area contributed by atoms with E-state index in [0.29, 0.717) is 12.2 Å². The minimum atomic E-state index is -0.650. The minimum Gasteiger partial charge on any atom is -0.491 e. The standard InChI is InChI=1S/C14H21FO2/c1-3-4-5-6-9-17-14-8-7-12(11(2)16)10-13(14)15/h7-8,10-11,16H,3-6,9H2,1-2H3.